The number of para-hydroxylation sites is 1. The van der Waals surface area contributed by atoms with Crippen LogP contribution in [0.3, 0.4) is 0 Å². The fourth-order valence-corrected chi connectivity index (χ4v) is 2.33. The molecule has 1 aromatic rings. The Hall–Kier alpha value is -2.57. The average molecular weight is 320 g/mol. The summed E-state index contributed by atoms with van der Waals surface area (Å²) < 4.78 is 5.42. The maximum Gasteiger partial charge on any atom is 0.303 e. The highest BCUT2D eigenvalue weighted by molar-refractivity contribution is 5.81. The largest absolute Gasteiger partial charge is 0.484 e. The molecule has 1 aromatic carbocycles. The summed E-state index contributed by atoms with van der Waals surface area (Å²) >= 11 is 0. The summed E-state index contributed by atoms with van der Waals surface area (Å²) in [6.07, 6.45) is -0.163. The number of nitrogens with zero attached hydrogens (tertiary/aromatic N) is 2. The molecule has 0 spiro atoms. The highest BCUT2D eigenvalue weighted by atomic mass is 16.5. The van der Waals surface area contributed by atoms with Gasteiger partial charge in [-0.25, -0.2) is 0 Å². The minimum Gasteiger partial charge on any atom is -0.484 e. The molecule has 0 radical (unpaired) electrons. The summed E-state index contributed by atoms with van der Waals surface area (Å²) in [5, 5.41) is 8.59. The first-order chi connectivity index (χ1) is 11.1. The highest BCUT2D eigenvalue weighted by Gasteiger charge is 2.24. The van der Waals surface area contributed by atoms with Gasteiger partial charge < -0.3 is 19.6 Å². The van der Waals surface area contributed by atoms with Crippen molar-refractivity contribution < 1.29 is 24.2 Å². The number of carboxylic acid groups (broad SMARTS) is 1. The van der Waals surface area contributed by atoms with Gasteiger partial charge in [0.25, 0.3) is 5.91 Å². The number of aliphatic carboxylic acids is 1. The van der Waals surface area contributed by atoms with E-state index in [2.05, 4.69) is 0 Å². The SMILES string of the molecule is O=C(O)CCC(=O)N1CCN(C(=O)COc2ccccc2)CC1. The molecule has 1 fully saturated rings. The van der Waals surface area contributed by atoms with Crippen molar-refractivity contribution >= 4 is 17.8 Å². The van der Waals surface area contributed by atoms with Gasteiger partial charge in [0.1, 0.15) is 5.75 Å². The lowest BCUT2D eigenvalue weighted by Gasteiger charge is -2.34. The molecule has 7 nitrogen and oxygen atoms in total. The van der Waals surface area contributed by atoms with Gasteiger partial charge in [-0.2, -0.15) is 0 Å². The Morgan fingerprint density at radius 3 is 2.04 bits per heavy atom. The van der Waals surface area contributed by atoms with E-state index in [-0.39, 0.29) is 31.3 Å². The minimum absolute atomic E-state index is 0.000395. The molecule has 1 saturated heterocycles. The molecule has 1 heterocycles. The molecule has 23 heavy (non-hydrogen) atoms. The van der Waals surface area contributed by atoms with E-state index in [1.165, 1.54) is 0 Å². The fraction of sp³-hybridized carbons (Fsp3) is 0.438. The number of ether oxygens (including phenoxy) is 1. The molecule has 1 aliphatic rings. The second kappa shape index (κ2) is 8.17. The monoisotopic (exact) mass is 320 g/mol. The number of carbonyl (C=O) groups is 3. The van der Waals surface area contributed by atoms with E-state index in [1.54, 1.807) is 21.9 Å². The topological polar surface area (TPSA) is 87.2 Å². The summed E-state index contributed by atoms with van der Waals surface area (Å²) in [5.74, 6) is -0.639. The summed E-state index contributed by atoms with van der Waals surface area (Å²) in [6.45, 7) is 1.70. The first-order valence-electron chi connectivity index (χ1n) is 7.51. The highest BCUT2D eigenvalue weighted by Crippen LogP contribution is 2.10. The Morgan fingerprint density at radius 1 is 0.913 bits per heavy atom. The van der Waals surface area contributed by atoms with Crippen LogP contribution in [0.5, 0.6) is 5.75 Å². The zero-order valence-electron chi connectivity index (χ0n) is 12.8. The maximum absolute atomic E-state index is 12.1. The fourth-order valence-electron chi connectivity index (χ4n) is 2.33. The maximum atomic E-state index is 12.1. The van der Waals surface area contributed by atoms with Crippen LogP contribution in [0.15, 0.2) is 30.3 Å². The summed E-state index contributed by atoms with van der Waals surface area (Å²) in [4.78, 5) is 37.6. The Kier molecular flexibility index (Phi) is 5.96. The molecule has 0 bridgehead atoms. The number of hydrogen-bond donors (Lipinski definition) is 1. The van der Waals surface area contributed by atoms with E-state index in [9.17, 15) is 14.4 Å². The van der Waals surface area contributed by atoms with Crippen LogP contribution >= 0.6 is 0 Å². The molecular weight excluding hydrogens is 300 g/mol. The predicted octanol–water partition coefficient (Wildman–Crippen LogP) is 0.601. The molecule has 0 aliphatic carbocycles. The van der Waals surface area contributed by atoms with Crippen molar-refractivity contribution in [2.75, 3.05) is 32.8 Å². The van der Waals surface area contributed by atoms with Gasteiger partial charge in [-0.3, -0.25) is 14.4 Å². The molecule has 0 unspecified atom stereocenters. The average Bonchev–Trinajstić information content (AvgIpc) is 2.58. The van der Waals surface area contributed by atoms with Crippen molar-refractivity contribution in [3.05, 3.63) is 30.3 Å². The molecule has 1 N–H and O–H groups in total. The molecular formula is C16H20N2O5. The van der Waals surface area contributed by atoms with Crippen LogP contribution < -0.4 is 4.74 Å². The van der Waals surface area contributed by atoms with Crippen LogP contribution in [0.4, 0.5) is 0 Å². The number of benzene rings is 1. The third-order valence-corrected chi connectivity index (χ3v) is 3.64. The van der Waals surface area contributed by atoms with Crippen LogP contribution in [0.1, 0.15) is 12.8 Å². The first-order valence-corrected chi connectivity index (χ1v) is 7.51. The first kappa shape index (κ1) is 16.8. The Balaban J connectivity index is 1.72. The molecule has 0 saturated carbocycles. The molecule has 1 aliphatic heterocycles. The number of carboxylic acids is 1. The second-order valence-electron chi connectivity index (χ2n) is 5.26. The van der Waals surface area contributed by atoms with Gasteiger partial charge >= 0.3 is 5.97 Å². The third-order valence-electron chi connectivity index (χ3n) is 3.64. The van der Waals surface area contributed by atoms with Crippen molar-refractivity contribution in [2.24, 2.45) is 0 Å². The minimum atomic E-state index is -0.981. The lowest BCUT2D eigenvalue weighted by molar-refractivity contribution is -0.143. The number of amides is 2. The van der Waals surface area contributed by atoms with Crippen molar-refractivity contribution in [1.82, 2.24) is 9.80 Å². The predicted molar refractivity (Wildman–Crippen MR) is 82.0 cm³/mol. The van der Waals surface area contributed by atoms with Crippen molar-refractivity contribution in [1.29, 1.82) is 0 Å². The Labute approximate surface area is 134 Å². The third kappa shape index (κ3) is 5.28. The summed E-state index contributed by atoms with van der Waals surface area (Å²) in [7, 11) is 0. The van der Waals surface area contributed by atoms with Crippen LogP contribution in [0.25, 0.3) is 0 Å². The number of piperazine rings is 1. The molecule has 2 rings (SSSR count). The number of carbonyl (C=O) groups excluding carboxylic acids is 2. The van der Waals surface area contributed by atoms with Crippen LogP contribution in [-0.2, 0) is 14.4 Å². The number of hydrogen-bond acceptors (Lipinski definition) is 4. The van der Waals surface area contributed by atoms with Gasteiger partial charge in [0.05, 0.1) is 6.42 Å². The van der Waals surface area contributed by atoms with E-state index in [0.717, 1.165) is 0 Å². The molecule has 7 heteroatoms. The van der Waals surface area contributed by atoms with Gasteiger partial charge in [0, 0.05) is 32.6 Å². The smallest absolute Gasteiger partial charge is 0.303 e. The Bertz CT molecular complexity index is 553. The summed E-state index contributed by atoms with van der Waals surface area (Å²) in [6, 6.07) is 9.11. The zero-order valence-corrected chi connectivity index (χ0v) is 12.8. The number of rotatable bonds is 6. The van der Waals surface area contributed by atoms with Gasteiger partial charge in [0.2, 0.25) is 5.91 Å². The van der Waals surface area contributed by atoms with E-state index in [0.29, 0.717) is 31.9 Å². The van der Waals surface area contributed by atoms with E-state index in [1.807, 2.05) is 18.2 Å². The van der Waals surface area contributed by atoms with Crippen molar-refractivity contribution in [3.63, 3.8) is 0 Å². The normalized spacial score (nSPS) is 14.4. The van der Waals surface area contributed by atoms with Crippen LogP contribution in [0, 0.1) is 0 Å². The molecule has 0 atom stereocenters. The van der Waals surface area contributed by atoms with E-state index in [4.69, 9.17) is 9.84 Å². The van der Waals surface area contributed by atoms with E-state index >= 15 is 0 Å². The lowest BCUT2D eigenvalue weighted by Crippen LogP contribution is -2.51. The quantitative estimate of drug-likeness (QED) is 0.829. The lowest BCUT2D eigenvalue weighted by atomic mass is 10.2. The van der Waals surface area contributed by atoms with E-state index < -0.39 is 5.97 Å². The van der Waals surface area contributed by atoms with Crippen LogP contribution in [-0.4, -0.2) is 65.5 Å². The van der Waals surface area contributed by atoms with Gasteiger partial charge in [0.15, 0.2) is 6.61 Å². The van der Waals surface area contributed by atoms with Crippen molar-refractivity contribution in [2.45, 2.75) is 12.8 Å². The molecule has 2 amide bonds. The van der Waals surface area contributed by atoms with Crippen LogP contribution in [0.2, 0.25) is 0 Å². The Morgan fingerprint density at radius 2 is 1.48 bits per heavy atom. The van der Waals surface area contributed by atoms with Crippen molar-refractivity contribution in [3.8, 4) is 5.75 Å². The molecule has 0 aromatic heterocycles. The van der Waals surface area contributed by atoms with Gasteiger partial charge in [-0.1, -0.05) is 18.2 Å². The second-order valence-corrected chi connectivity index (χ2v) is 5.26. The summed E-state index contributed by atoms with van der Waals surface area (Å²) in [5.41, 5.74) is 0. The standard InChI is InChI=1S/C16H20N2O5/c19-14(6-7-16(21)22)17-8-10-18(11-9-17)15(20)12-23-13-4-2-1-3-5-13/h1-5H,6-12H2,(H,21,22). The van der Waals surface area contributed by atoms with Gasteiger partial charge in [-0.15, -0.1) is 0 Å². The zero-order chi connectivity index (χ0) is 16.7. The van der Waals surface area contributed by atoms with Gasteiger partial charge in [-0.05, 0) is 12.1 Å². The molecule has 124 valence electrons.